The van der Waals surface area contributed by atoms with Crippen LogP contribution in [0.3, 0.4) is 0 Å². The Hall–Kier alpha value is -1.49. The van der Waals surface area contributed by atoms with Gasteiger partial charge in [0.15, 0.2) is 0 Å². The lowest BCUT2D eigenvalue weighted by Gasteiger charge is -2.20. The number of amides is 1. The molecular weight excluding hydrogens is 286 g/mol. The van der Waals surface area contributed by atoms with Crippen LogP contribution in [0.15, 0.2) is 24.3 Å². The van der Waals surface area contributed by atoms with Crippen LogP contribution < -0.4 is 0 Å². The summed E-state index contributed by atoms with van der Waals surface area (Å²) in [4.78, 5) is 24.8. The minimum absolute atomic E-state index is 0.103. The van der Waals surface area contributed by atoms with Crippen molar-refractivity contribution in [2.24, 2.45) is 0 Å². The van der Waals surface area contributed by atoms with E-state index in [1.54, 1.807) is 0 Å². The van der Waals surface area contributed by atoms with Crippen molar-refractivity contribution >= 4 is 23.6 Å². The summed E-state index contributed by atoms with van der Waals surface area (Å²) in [5.41, 5.74) is 2.23. The summed E-state index contributed by atoms with van der Waals surface area (Å²) in [6.07, 6.45) is 3.68. The SMILES string of the molecule is CCCCc1ccc(CC(=O)N2CSC[C@H]2C(=O)O)cc1. The Morgan fingerprint density at radius 1 is 1.29 bits per heavy atom. The van der Waals surface area contributed by atoms with E-state index >= 15 is 0 Å². The van der Waals surface area contributed by atoms with E-state index in [0.717, 1.165) is 12.0 Å². The van der Waals surface area contributed by atoms with Gasteiger partial charge in [-0.15, -0.1) is 11.8 Å². The van der Waals surface area contributed by atoms with Gasteiger partial charge in [-0.2, -0.15) is 0 Å². The summed E-state index contributed by atoms with van der Waals surface area (Å²) < 4.78 is 0. The molecule has 1 atom stereocenters. The molecular formula is C16H21NO3S. The van der Waals surface area contributed by atoms with E-state index in [0.29, 0.717) is 11.6 Å². The highest BCUT2D eigenvalue weighted by Gasteiger charge is 2.34. The third-order valence-corrected chi connectivity index (χ3v) is 4.70. The van der Waals surface area contributed by atoms with Gasteiger partial charge in [-0.1, -0.05) is 37.6 Å². The first-order chi connectivity index (χ1) is 10.1. The van der Waals surface area contributed by atoms with Crippen LogP contribution >= 0.6 is 11.8 Å². The number of carbonyl (C=O) groups excluding carboxylic acids is 1. The summed E-state index contributed by atoms with van der Waals surface area (Å²) in [6, 6.07) is 7.40. The average Bonchev–Trinajstić information content (AvgIpc) is 2.96. The lowest BCUT2D eigenvalue weighted by molar-refractivity contribution is -0.147. The minimum atomic E-state index is -0.914. The van der Waals surface area contributed by atoms with Crippen molar-refractivity contribution in [3.05, 3.63) is 35.4 Å². The lowest BCUT2D eigenvalue weighted by Crippen LogP contribution is -2.42. The number of carboxylic acids is 1. The largest absolute Gasteiger partial charge is 0.480 e. The Labute approximate surface area is 129 Å². The van der Waals surface area contributed by atoms with Crippen LogP contribution in [0.2, 0.25) is 0 Å². The first kappa shape index (κ1) is 15.9. The van der Waals surface area contributed by atoms with Crippen LogP contribution in [-0.2, 0) is 22.4 Å². The quantitative estimate of drug-likeness (QED) is 0.877. The van der Waals surface area contributed by atoms with Crippen LogP contribution in [0.4, 0.5) is 0 Å². The second kappa shape index (κ2) is 7.50. The molecule has 1 heterocycles. The van der Waals surface area contributed by atoms with Crippen molar-refractivity contribution in [3.8, 4) is 0 Å². The van der Waals surface area contributed by atoms with Gasteiger partial charge in [-0.05, 0) is 24.0 Å². The average molecular weight is 307 g/mol. The number of carboxylic acid groups (broad SMARTS) is 1. The monoisotopic (exact) mass is 307 g/mol. The molecule has 21 heavy (non-hydrogen) atoms. The van der Waals surface area contributed by atoms with Gasteiger partial charge in [-0.3, -0.25) is 4.79 Å². The number of benzene rings is 1. The maximum Gasteiger partial charge on any atom is 0.327 e. The van der Waals surface area contributed by atoms with E-state index in [4.69, 9.17) is 5.11 Å². The van der Waals surface area contributed by atoms with Gasteiger partial charge in [0.2, 0.25) is 5.91 Å². The Morgan fingerprint density at radius 2 is 1.95 bits per heavy atom. The van der Waals surface area contributed by atoms with Gasteiger partial charge >= 0.3 is 5.97 Å². The maximum atomic E-state index is 12.2. The molecule has 1 N–H and O–H groups in total. The molecule has 1 aromatic carbocycles. The maximum absolute atomic E-state index is 12.2. The number of thioether (sulfide) groups is 1. The molecule has 0 radical (unpaired) electrons. The van der Waals surface area contributed by atoms with Crippen molar-refractivity contribution in [3.63, 3.8) is 0 Å². The van der Waals surface area contributed by atoms with Crippen molar-refractivity contribution in [1.82, 2.24) is 4.90 Å². The smallest absolute Gasteiger partial charge is 0.327 e. The van der Waals surface area contributed by atoms with E-state index in [2.05, 4.69) is 19.1 Å². The Kier molecular flexibility index (Phi) is 5.67. The molecule has 1 aliphatic rings. The van der Waals surface area contributed by atoms with Crippen molar-refractivity contribution in [1.29, 1.82) is 0 Å². The molecule has 1 aromatic rings. The van der Waals surface area contributed by atoms with Gasteiger partial charge in [-0.25, -0.2) is 4.79 Å². The number of rotatable bonds is 6. The second-order valence-electron chi connectivity index (χ2n) is 5.31. The van der Waals surface area contributed by atoms with Crippen molar-refractivity contribution in [2.45, 2.75) is 38.6 Å². The third-order valence-electron chi connectivity index (χ3n) is 3.69. The molecule has 0 saturated carbocycles. The number of hydrogen-bond acceptors (Lipinski definition) is 3. The number of hydrogen-bond donors (Lipinski definition) is 1. The molecule has 0 aliphatic carbocycles. The highest BCUT2D eigenvalue weighted by atomic mass is 32.2. The molecule has 4 nitrogen and oxygen atoms in total. The molecule has 0 aromatic heterocycles. The predicted octanol–water partition coefficient (Wildman–Crippen LogP) is 2.56. The molecule has 5 heteroatoms. The number of unbranched alkanes of at least 4 members (excludes halogenated alkanes) is 1. The van der Waals surface area contributed by atoms with Crippen LogP contribution in [0.5, 0.6) is 0 Å². The standard InChI is InChI=1S/C16H21NO3S/c1-2-3-4-12-5-7-13(8-6-12)9-15(18)17-11-21-10-14(17)16(19)20/h5-8,14H,2-4,9-11H2,1H3,(H,19,20)/t14-/m0/s1. The molecule has 0 bridgehead atoms. The van der Waals surface area contributed by atoms with Gasteiger partial charge in [0, 0.05) is 5.75 Å². The van der Waals surface area contributed by atoms with E-state index in [1.165, 1.54) is 35.1 Å². The fraction of sp³-hybridized carbons (Fsp3) is 0.500. The van der Waals surface area contributed by atoms with E-state index in [9.17, 15) is 9.59 Å². The Bertz CT molecular complexity index is 501. The zero-order valence-electron chi connectivity index (χ0n) is 12.2. The van der Waals surface area contributed by atoms with Gasteiger partial charge in [0.1, 0.15) is 6.04 Å². The van der Waals surface area contributed by atoms with Gasteiger partial charge < -0.3 is 10.0 Å². The Balaban J connectivity index is 1.94. The topological polar surface area (TPSA) is 57.6 Å². The molecule has 1 fully saturated rings. The zero-order valence-corrected chi connectivity index (χ0v) is 13.1. The first-order valence-electron chi connectivity index (χ1n) is 7.29. The summed E-state index contributed by atoms with van der Waals surface area (Å²) in [5, 5.41) is 9.11. The minimum Gasteiger partial charge on any atom is -0.480 e. The summed E-state index contributed by atoms with van der Waals surface area (Å²) >= 11 is 1.49. The highest BCUT2D eigenvalue weighted by Crippen LogP contribution is 2.22. The highest BCUT2D eigenvalue weighted by molar-refractivity contribution is 7.99. The Morgan fingerprint density at radius 3 is 2.57 bits per heavy atom. The second-order valence-corrected chi connectivity index (χ2v) is 6.31. The first-order valence-corrected chi connectivity index (χ1v) is 8.45. The number of nitrogens with zero attached hydrogens (tertiary/aromatic N) is 1. The molecule has 1 saturated heterocycles. The van der Waals surface area contributed by atoms with Crippen LogP contribution in [-0.4, -0.2) is 39.6 Å². The summed E-state index contributed by atoms with van der Waals surface area (Å²) in [5.74, 6) is -0.0570. The van der Waals surface area contributed by atoms with E-state index in [-0.39, 0.29) is 12.3 Å². The number of aryl methyl sites for hydroxylation is 1. The van der Waals surface area contributed by atoms with Crippen LogP contribution in [0.25, 0.3) is 0 Å². The summed E-state index contributed by atoms with van der Waals surface area (Å²) in [7, 11) is 0. The van der Waals surface area contributed by atoms with Crippen LogP contribution in [0, 0.1) is 0 Å². The fourth-order valence-corrected chi connectivity index (χ4v) is 3.55. The summed E-state index contributed by atoms with van der Waals surface area (Å²) in [6.45, 7) is 2.17. The zero-order chi connectivity index (χ0) is 15.2. The predicted molar refractivity (Wildman–Crippen MR) is 84.4 cm³/mol. The molecule has 1 aliphatic heterocycles. The fourth-order valence-electron chi connectivity index (χ4n) is 2.37. The van der Waals surface area contributed by atoms with Crippen molar-refractivity contribution < 1.29 is 14.7 Å². The van der Waals surface area contributed by atoms with Crippen LogP contribution in [0.1, 0.15) is 30.9 Å². The molecule has 0 unspecified atom stereocenters. The van der Waals surface area contributed by atoms with E-state index in [1.807, 2.05) is 12.1 Å². The van der Waals surface area contributed by atoms with Crippen molar-refractivity contribution in [2.75, 3.05) is 11.6 Å². The molecule has 0 spiro atoms. The molecule has 114 valence electrons. The number of aliphatic carboxylic acids is 1. The molecule has 1 amide bonds. The number of carbonyl (C=O) groups is 2. The van der Waals surface area contributed by atoms with Gasteiger partial charge in [0.25, 0.3) is 0 Å². The van der Waals surface area contributed by atoms with E-state index < -0.39 is 12.0 Å². The molecule has 2 rings (SSSR count). The lowest BCUT2D eigenvalue weighted by atomic mass is 10.0. The normalized spacial score (nSPS) is 18.0. The van der Waals surface area contributed by atoms with Gasteiger partial charge in [0.05, 0.1) is 12.3 Å². The third kappa shape index (κ3) is 4.24.